The summed E-state index contributed by atoms with van der Waals surface area (Å²) in [5.41, 5.74) is 5.40. The fourth-order valence-electron chi connectivity index (χ4n) is 2.70. The van der Waals surface area contributed by atoms with Crippen LogP contribution in [0.15, 0.2) is 34.5 Å². The van der Waals surface area contributed by atoms with E-state index in [1.807, 2.05) is 23.8 Å². The first-order valence-electron chi connectivity index (χ1n) is 7.29. The lowest BCUT2D eigenvalue weighted by molar-refractivity contribution is 0.242. The molecule has 0 aromatic carbocycles. The first kappa shape index (κ1) is 13.6. The molecule has 22 heavy (non-hydrogen) atoms. The predicted octanol–water partition coefficient (Wildman–Crippen LogP) is 3.06. The van der Waals surface area contributed by atoms with Crippen molar-refractivity contribution in [3.8, 4) is 11.6 Å². The molecule has 112 valence electrons. The highest BCUT2D eigenvalue weighted by Crippen LogP contribution is 2.23. The van der Waals surface area contributed by atoms with E-state index in [0.717, 1.165) is 43.2 Å². The van der Waals surface area contributed by atoms with E-state index >= 15 is 0 Å². The molecule has 6 heteroatoms. The maximum absolute atomic E-state index is 5.39. The van der Waals surface area contributed by atoms with Crippen molar-refractivity contribution in [1.82, 2.24) is 19.9 Å². The lowest BCUT2D eigenvalue weighted by atomic mass is 10.1. The van der Waals surface area contributed by atoms with Crippen LogP contribution >= 0.6 is 11.3 Å². The Kier molecular flexibility index (Phi) is 3.48. The Morgan fingerprint density at radius 2 is 2.32 bits per heavy atom. The third-order valence-corrected chi connectivity index (χ3v) is 4.90. The minimum atomic E-state index is 0.666. The van der Waals surface area contributed by atoms with Crippen LogP contribution in [-0.4, -0.2) is 26.4 Å². The predicted molar refractivity (Wildman–Crippen MR) is 84.4 cm³/mol. The molecule has 3 aromatic heterocycles. The molecule has 1 aliphatic heterocycles. The van der Waals surface area contributed by atoms with Crippen molar-refractivity contribution in [2.24, 2.45) is 0 Å². The maximum atomic E-state index is 5.39. The van der Waals surface area contributed by atoms with E-state index in [9.17, 15) is 0 Å². The maximum Gasteiger partial charge on any atom is 0.195 e. The van der Waals surface area contributed by atoms with Crippen LogP contribution in [0.1, 0.15) is 21.8 Å². The van der Waals surface area contributed by atoms with Crippen LogP contribution in [0.25, 0.3) is 11.6 Å². The molecule has 4 rings (SSSR count). The van der Waals surface area contributed by atoms with Crippen molar-refractivity contribution in [2.75, 3.05) is 6.54 Å². The number of thiazole rings is 1. The summed E-state index contributed by atoms with van der Waals surface area (Å²) in [6, 6.07) is 3.75. The molecule has 0 N–H and O–H groups in total. The molecule has 4 heterocycles. The second-order valence-corrected chi connectivity index (χ2v) is 6.40. The van der Waals surface area contributed by atoms with Gasteiger partial charge in [0.25, 0.3) is 0 Å². The van der Waals surface area contributed by atoms with Gasteiger partial charge >= 0.3 is 0 Å². The van der Waals surface area contributed by atoms with Gasteiger partial charge in [0.2, 0.25) is 0 Å². The first-order valence-corrected chi connectivity index (χ1v) is 8.17. The Balaban J connectivity index is 1.57. The second kappa shape index (κ2) is 5.62. The van der Waals surface area contributed by atoms with E-state index in [4.69, 9.17) is 9.40 Å². The van der Waals surface area contributed by atoms with Gasteiger partial charge in [0, 0.05) is 30.7 Å². The van der Waals surface area contributed by atoms with Gasteiger partial charge in [-0.25, -0.2) is 15.0 Å². The van der Waals surface area contributed by atoms with Gasteiger partial charge in [0.15, 0.2) is 11.6 Å². The summed E-state index contributed by atoms with van der Waals surface area (Å²) in [4.78, 5) is 17.2. The van der Waals surface area contributed by atoms with E-state index in [2.05, 4.69) is 21.8 Å². The Bertz CT molecular complexity index is 781. The van der Waals surface area contributed by atoms with Gasteiger partial charge in [-0.2, -0.15) is 0 Å². The van der Waals surface area contributed by atoms with Gasteiger partial charge in [0.05, 0.1) is 23.2 Å². The highest BCUT2D eigenvalue weighted by Gasteiger charge is 2.20. The zero-order chi connectivity index (χ0) is 14.9. The molecule has 1 aliphatic rings. The fourth-order valence-corrected chi connectivity index (χ4v) is 3.52. The molecule has 0 amide bonds. The van der Waals surface area contributed by atoms with Crippen molar-refractivity contribution in [3.05, 3.63) is 51.9 Å². The topological polar surface area (TPSA) is 55.1 Å². The van der Waals surface area contributed by atoms with E-state index < -0.39 is 0 Å². The molecule has 0 spiro atoms. The average Bonchev–Trinajstić information content (AvgIpc) is 3.19. The molecular formula is C16H16N4OS. The number of aromatic nitrogens is 3. The smallest absolute Gasteiger partial charge is 0.195 e. The van der Waals surface area contributed by atoms with Crippen LogP contribution in [0.5, 0.6) is 0 Å². The number of furan rings is 1. The summed E-state index contributed by atoms with van der Waals surface area (Å²) >= 11 is 1.73. The molecule has 0 aliphatic carbocycles. The summed E-state index contributed by atoms with van der Waals surface area (Å²) in [5, 5.41) is 0. The van der Waals surface area contributed by atoms with Crippen molar-refractivity contribution in [3.63, 3.8) is 0 Å². The van der Waals surface area contributed by atoms with Gasteiger partial charge in [-0.3, -0.25) is 4.90 Å². The van der Waals surface area contributed by atoms with Crippen LogP contribution in [0.4, 0.5) is 0 Å². The minimum Gasteiger partial charge on any atom is -0.461 e. The number of fused-ring (bicyclic) bond motifs is 1. The molecule has 0 fully saturated rings. The van der Waals surface area contributed by atoms with Gasteiger partial charge in [0.1, 0.15) is 0 Å². The van der Waals surface area contributed by atoms with Gasteiger partial charge < -0.3 is 4.42 Å². The second-order valence-electron chi connectivity index (χ2n) is 5.46. The summed E-state index contributed by atoms with van der Waals surface area (Å²) in [5.74, 6) is 1.39. The van der Waals surface area contributed by atoms with Crippen LogP contribution in [0, 0.1) is 6.92 Å². The summed E-state index contributed by atoms with van der Waals surface area (Å²) in [6.45, 7) is 4.90. The van der Waals surface area contributed by atoms with Crippen molar-refractivity contribution in [2.45, 2.75) is 26.4 Å². The zero-order valence-corrected chi connectivity index (χ0v) is 13.1. The quantitative estimate of drug-likeness (QED) is 0.744. The van der Waals surface area contributed by atoms with Crippen LogP contribution < -0.4 is 0 Å². The standard InChI is InChI=1S/C16H16N4OS/c1-11-15(22-10-18-11)9-20-5-4-12-7-17-16(19-13(12)8-20)14-3-2-6-21-14/h2-3,6-7,10H,4-5,8-9H2,1H3. The number of nitrogens with zero attached hydrogens (tertiary/aromatic N) is 4. The lowest BCUT2D eigenvalue weighted by Gasteiger charge is -2.27. The molecule has 5 nitrogen and oxygen atoms in total. The number of hydrogen-bond donors (Lipinski definition) is 0. The molecule has 0 atom stereocenters. The Labute approximate surface area is 132 Å². The fraction of sp³-hybridized carbons (Fsp3) is 0.312. The van der Waals surface area contributed by atoms with E-state index in [1.54, 1.807) is 17.6 Å². The van der Waals surface area contributed by atoms with E-state index in [-0.39, 0.29) is 0 Å². The summed E-state index contributed by atoms with van der Waals surface area (Å²) in [7, 11) is 0. The number of aryl methyl sites for hydroxylation is 1. The minimum absolute atomic E-state index is 0.666. The van der Waals surface area contributed by atoms with E-state index in [0.29, 0.717) is 5.82 Å². The van der Waals surface area contributed by atoms with Crippen LogP contribution in [-0.2, 0) is 19.5 Å². The largest absolute Gasteiger partial charge is 0.461 e. The van der Waals surface area contributed by atoms with Crippen molar-refractivity contribution in [1.29, 1.82) is 0 Å². The lowest BCUT2D eigenvalue weighted by Crippen LogP contribution is -2.31. The summed E-state index contributed by atoms with van der Waals surface area (Å²) in [6.07, 6.45) is 4.58. The third-order valence-electron chi connectivity index (χ3n) is 3.98. The van der Waals surface area contributed by atoms with Gasteiger partial charge in [-0.05, 0) is 31.0 Å². The van der Waals surface area contributed by atoms with Crippen molar-refractivity contribution < 1.29 is 4.42 Å². The van der Waals surface area contributed by atoms with Crippen LogP contribution in [0.3, 0.4) is 0 Å². The molecule has 3 aromatic rings. The summed E-state index contributed by atoms with van der Waals surface area (Å²) < 4.78 is 5.39. The normalized spacial score (nSPS) is 15.0. The molecule has 0 saturated heterocycles. The monoisotopic (exact) mass is 312 g/mol. The molecule has 0 radical (unpaired) electrons. The Morgan fingerprint density at radius 3 is 3.09 bits per heavy atom. The SMILES string of the molecule is Cc1ncsc1CN1CCc2cnc(-c3ccco3)nc2C1. The molecule has 0 saturated carbocycles. The third kappa shape index (κ3) is 2.55. The highest BCUT2D eigenvalue weighted by molar-refractivity contribution is 7.09. The zero-order valence-electron chi connectivity index (χ0n) is 12.3. The van der Waals surface area contributed by atoms with Crippen molar-refractivity contribution >= 4 is 11.3 Å². The highest BCUT2D eigenvalue weighted by atomic mass is 32.1. The molecular weight excluding hydrogens is 296 g/mol. The average molecular weight is 312 g/mol. The first-order chi connectivity index (χ1) is 10.8. The van der Waals surface area contributed by atoms with E-state index in [1.165, 1.54) is 10.4 Å². The van der Waals surface area contributed by atoms with Gasteiger partial charge in [-0.1, -0.05) is 0 Å². The van der Waals surface area contributed by atoms with Gasteiger partial charge in [-0.15, -0.1) is 11.3 Å². The molecule has 0 unspecified atom stereocenters. The molecule has 0 bridgehead atoms. The Hall–Kier alpha value is -2.05. The van der Waals surface area contributed by atoms with Crippen LogP contribution in [0.2, 0.25) is 0 Å². The number of hydrogen-bond acceptors (Lipinski definition) is 6. The number of rotatable bonds is 3. The Morgan fingerprint density at radius 1 is 1.36 bits per heavy atom.